The summed E-state index contributed by atoms with van der Waals surface area (Å²) >= 11 is 13.7. The summed E-state index contributed by atoms with van der Waals surface area (Å²) in [5.74, 6) is 0.148. The van der Waals surface area contributed by atoms with Gasteiger partial charge in [-0.05, 0) is 36.2 Å². The molecule has 4 heterocycles. The first-order chi connectivity index (χ1) is 22.4. The second-order valence-corrected chi connectivity index (χ2v) is 11.4. The number of benzene rings is 1. The number of carbonyl (C=O) groups is 2. The molecule has 1 atom stereocenters. The third-order valence-corrected chi connectivity index (χ3v) is 8.25. The number of hydrogen-bond acceptors (Lipinski definition) is 9. The minimum absolute atomic E-state index is 0.0862. The van der Waals surface area contributed by atoms with Gasteiger partial charge in [0.05, 0.1) is 40.8 Å². The van der Waals surface area contributed by atoms with Gasteiger partial charge in [0, 0.05) is 74.8 Å². The van der Waals surface area contributed by atoms with Crippen LogP contribution in [0.2, 0.25) is 10.0 Å². The number of carbonyl (C=O) groups excluding carboxylic acids is 2. The Morgan fingerprint density at radius 2 is 1.87 bits per heavy atom. The van der Waals surface area contributed by atoms with Gasteiger partial charge in [0.15, 0.2) is 0 Å². The van der Waals surface area contributed by atoms with Crippen LogP contribution < -0.4 is 26.0 Å². The third kappa shape index (κ3) is 8.17. The summed E-state index contributed by atoms with van der Waals surface area (Å²) in [6, 6.07) is 14.5. The first kappa shape index (κ1) is 33.2. The summed E-state index contributed by atoms with van der Waals surface area (Å²) in [6.07, 6.45) is 4.67. The molecular weight excluding hydrogens is 629 g/mol. The largest absolute Gasteiger partial charge is 0.481 e. The Kier molecular flexibility index (Phi) is 11.5. The van der Waals surface area contributed by atoms with E-state index < -0.39 is 5.91 Å². The summed E-state index contributed by atoms with van der Waals surface area (Å²) < 4.78 is 10.6. The maximum absolute atomic E-state index is 13.0. The normalized spacial score (nSPS) is 14.3. The Bertz CT molecular complexity index is 1690. The van der Waals surface area contributed by atoms with Crippen molar-refractivity contribution in [1.82, 2.24) is 30.9 Å². The highest BCUT2D eigenvalue weighted by Crippen LogP contribution is 2.40. The summed E-state index contributed by atoms with van der Waals surface area (Å²) in [5, 5.41) is 13.0. The zero-order valence-corrected chi connectivity index (χ0v) is 27.0. The summed E-state index contributed by atoms with van der Waals surface area (Å²) in [4.78, 5) is 38.0. The van der Waals surface area contributed by atoms with Crippen molar-refractivity contribution in [2.75, 3.05) is 39.2 Å². The number of methoxy groups -OCH3 is 2. The van der Waals surface area contributed by atoms with Crippen LogP contribution in [0.15, 0.2) is 60.9 Å². The van der Waals surface area contributed by atoms with E-state index in [1.165, 1.54) is 0 Å². The van der Waals surface area contributed by atoms with Crippen LogP contribution in [0.3, 0.4) is 0 Å². The lowest BCUT2D eigenvalue weighted by molar-refractivity contribution is -0.119. The quantitative estimate of drug-likeness (QED) is 0.139. The topological polar surface area (TPSA) is 139 Å². The van der Waals surface area contributed by atoms with Crippen molar-refractivity contribution in [3.8, 4) is 28.4 Å². The molecule has 11 nitrogen and oxygen atoms in total. The van der Waals surface area contributed by atoms with Crippen LogP contribution in [-0.2, 0) is 22.6 Å². The molecule has 13 heteroatoms. The van der Waals surface area contributed by atoms with E-state index in [1.807, 2.05) is 18.2 Å². The van der Waals surface area contributed by atoms with Crippen LogP contribution in [-0.4, -0.2) is 66.7 Å². The van der Waals surface area contributed by atoms with Crippen molar-refractivity contribution in [3.63, 3.8) is 0 Å². The molecule has 1 aromatic carbocycles. The van der Waals surface area contributed by atoms with E-state index in [9.17, 15) is 9.59 Å². The zero-order chi connectivity index (χ0) is 32.5. The maximum Gasteiger partial charge on any atom is 0.274 e. The molecule has 0 radical (unpaired) electrons. The van der Waals surface area contributed by atoms with E-state index in [4.69, 9.17) is 37.7 Å². The van der Waals surface area contributed by atoms with Crippen LogP contribution in [0.25, 0.3) is 22.5 Å². The Hall–Kier alpha value is -4.13. The predicted molar refractivity (Wildman–Crippen MR) is 178 cm³/mol. The first-order valence-electron chi connectivity index (χ1n) is 14.8. The molecule has 3 aromatic heterocycles. The van der Waals surface area contributed by atoms with Crippen LogP contribution in [0.5, 0.6) is 5.88 Å². The summed E-state index contributed by atoms with van der Waals surface area (Å²) in [6.45, 7) is 3.13. The van der Waals surface area contributed by atoms with Gasteiger partial charge < -0.3 is 30.7 Å². The molecule has 1 aliphatic heterocycles. The first-order valence-corrected chi connectivity index (χ1v) is 15.6. The molecule has 4 aromatic rings. The maximum atomic E-state index is 13.0. The van der Waals surface area contributed by atoms with E-state index in [-0.39, 0.29) is 22.7 Å². The van der Waals surface area contributed by atoms with E-state index in [2.05, 4.69) is 31.2 Å². The number of nitrogens with zero attached hydrogens (tertiary/aromatic N) is 3. The minimum Gasteiger partial charge on any atom is -0.481 e. The number of ether oxygens (including phenoxy) is 2. The average molecular weight is 665 g/mol. The lowest BCUT2D eigenvalue weighted by Crippen LogP contribution is -2.35. The molecule has 0 aliphatic carbocycles. The van der Waals surface area contributed by atoms with Crippen molar-refractivity contribution in [2.45, 2.75) is 32.0 Å². The Morgan fingerprint density at radius 3 is 2.61 bits per heavy atom. The van der Waals surface area contributed by atoms with Crippen molar-refractivity contribution >= 4 is 40.7 Å². The molecule has 1 saturated heterocycles. The van der Waals surface area contributed by atoms with Gasteiger partial charge in [-0.15, -0.1) is 0 Å². The van der Waals surface area contributed by atoms with Crippen molar-refractivity contribution in [3.05, 3.63) is 87.8 Å². The van der Waals surface area contributed by atoms with Gasteiger partial charge in [-0.25, -0.2) is 4.98 Å². The Balaban J connectivity index is 1.30. The van der Waals surface area contributed by atoms with E-state index >= 15 is 0 Å². The number of rotatable bonds is 14. The van der Waals surface area contributed by atoms with Crippen LogP contribution >= 0.6 is 23.2 Å². The molecule has 0 saturated carbocycles. The predicted octanol–water partition coefficient (Wildman–Crippen LogP) is 4.88. The highest BCUT2D eigenvalue weighted by atomic mass is 35.5. The van der Waals surface area contributed by atoms with Gasteiger partial charge in [0.25, 0.3) is 5.91 Å². The molecule has 46 heavy (non-hydrogen) atoms. The zero-order valence-electron chi connectivity index (χ0n) is 25.5. The highest BCUT2D eigenvalue weighted by molar-refractivity contribution is 6.39. The van der Waals surface area contributed by atoms with Gasteiger partial charge >= 0.3 is 0 Å². The van der Waals surface area contributed by atoms with Gasteiger partial charge in [-0.3, -0.25) is 19.6 Å². The molecule has 1 aliphatic rings. The second kappa shape index (κ2) is 15.9. The monoisotopic (exact) mass is 663 g/mol. The van der Waals surface area contributed by atoms with Crippen molar-refractivity contribution in [2.24, 2.45) is 0 Å². The van der Waals surface area contributed by atoms with Crippen LogP contribution in [0.1, 0.15) is 34.5 Å². The van der Waals surface area contributed by atoms with E-state index in [0.29, 0.717) is 78.3 Å². The minimum atomic E-state index is -0.399. The van der Waals surface area contributed by atoms with Crippen LogP contribution in [0, 0.1) is 0 Å². The highest BCUT2D eigenvalue weighted by Gasteiger charge is 2.21. The van der Waals surface area contributed by atoms with E-state index in [1.54, 1.807) is 56.9 Å². The molecule has 0 bridgehead atoms. The van der Waals surface area contributed by atoms with E-state index in [0.717, 1.165) is 17.5 Å². The lowest BCUT2D eigenvalue weighted by Gasteiger charge is -2.15. The number of aromatic nitrogens is 3. The Labute approximate surface area is 277 Å². The number of pyridine rings is 3. The fourth-order valence-electron chi connectivity index (χ4n) is 5.04. The van der Waals surface area contributed by atoms with Gasteiger partial charge in [0.2, 0.25) is 11.8 Å². The van der Waals surface area contributed by atoms with Gasteiger partial charge in [-0.1, -0.05) is 47.5 Å². The van der Waals surface area contributed by atoms with Crippen LogP contribution in [0.4, 0.5) is 5.69 Å². The third-order valence-electron chi connectivity index (χ3n) is 7.46. The number of anilines is 1. The van der Waals surface area contributed by atoms with Gasteiger partial charge in [-0.2, -0.15) is 0 Å². The smallest absolute Gasteiger partial charge is 0.274 e. The van der Waals surface area contributed by atoms with Crippen molar-refractivity contribution in [1.29, 1.82) is 0 Å². The number of hydrogen-bond donors (Lipinski definition) is 4. The second-order valence-electron chi connectivity index (χ2n) is 10.7. The molecule has 240 valence electrons. The average Bonchev–Trinajstić information content (AvgIpc) is 3.49. The summed E-state index contributed by atoms with van der Waals surface area (Å²) in [7, 11) is 3.22. The molecule has 0 unspecified atom stereocenters. The lowest BCUT2D eigenvalue weighted by atomic mass is 10.1. The van der Waals surface area contributed by atoms with Gasteiger partial charge in [0.1, 0.15) is 5.69 Å². The number of amides is 2. The summed E-state index contributed by atoms with van der Waals surface area (Å²) in [5.41, 5.74) is 4.69. The van der Waals surface area contributed by atoms with Crippen molar-refractivity contribution < 1.29 is 19.1 Å². The number of halogens is 2. The molecule has 0 spiro atoms. The number of nitrogens with one attached hydrogen (secondary N) is 4. The Morgan fingerprint density at radius 1 is 1.00 bits per heavy atom. The fourth-order valence-corrected chi connectivity index (χ4v) is 5.61. The molecule has 1 fully saturated rings. The molecule has 5 rings (SSSR count). The fraction of sp³-hybridized carbons (Fsp3) is 0.303. The SMILES string of the molecule is COCCNCc1ccc(C(=O)Nc2cccc(-c3nccc(-c4ccc(CNC[C@H]5CCC(=O)N5)c(OC)n4)c3Cl)c2Cl)nc1. The molecule has 2 amide bonds. The molecular formula is C33H35Cl2N7O4. The standard InChI is InChI=1S/C33H35Cl2N7O4/c1-45-15-14-36-16-20-6-9-27(39-17-20)32(44)41-26-5-3-4-24(29(26)34)31-30(35)23(12-13-38-31)25-10-7-21(33(42-25)46-2)18-37-19-22-8-11-28(43)40-22/h3-7,9-10,12-13,17,22,36-37H,8,11,14-16,18-19H2,1-2H3,(H,40,43)(H,41,44)/t22-/m1/s1. The molecule has 4 N–H and O–H groups in total.